The lowest BCUT2D eigenvalue weighted by Crippen LogP contribution is -2.40. The number of nitrogens with zero attached hydrogens (tertiary/aromatic N) is 8. The number of carboxylic acids is 2. The molecule has 0 aliphatic carbocycles. The van der Waals surface area contributed by atoms with Gasteiger partial charge in [0.15, 0.2) is 0 Å². The summed E-state index contributed by atoms with van der Waals surface area (Å²) in [5, 5.41) is 36.8. The van der Waals surface area contributed by atoms with E-state index in [9.17, 15) is 9.59 Å². The minimum Gasteiger partial charge on any atom is -0.476 e. The largest absolute Gasteiger partial charge is 0.476 e. The highest BCUT2D eigenvalue weighted by Crippen LogP contribution is 2.30. The number of aromatic amines is 2. The summed E-state index contributed by atoms with van der Waals surface area (Å²) in [4.78, 5) is 39.1. The molecule has 234 valence electrons. The van der Waals surface area contributed by atoms with Crippen molar-refractivity contribution in [3.05, 3.63) is 47.6 Å². The standard InChI is InChI=1S/C28H24N10O8/c39-27(40)23-25(35-37-33-23)45-21-14-30-17(12-31-21)3-1-15-5-7-43-19(9-15)20-10-16(6-8-44-20)2-4-18-11-29-13-22(32-18)46-26-24(28(41)42)34-38-36-26/h11-16,19-20H,5-10H2,(H,39,40)(H,41,42)(H,33,35,37)(H,34,36,38). The Labute approximate surface area is 259 Å². The molecule has 0 spiro atoms. The molecule has 0 aromatic carbocycles. The molecule has 4 unspecified atom stereocenters. The summed E-state index contributed by atoms with van der Waals surface area (Å²) in [7, 11) is 0. The number of hydrogen-bond donors (Lipinski definition) is 4. The second kappa shape index (κ2) is 13.8. The molecule has 0 amide bonds. The van der Waals surface area contributed by atoms with E-state index in [1.807, 2.05) is 0 Å². The third-order valence-corrected chi connectivity index (χ3v) is 6.95. The Kier molecular flexibility index (Phi) is 8.99. The Morgan fingerprint density at radius 2 is 1.35 bits per heavy atom. The van der Waals surface area contributed by atoms with Crippen LogP contribution in [0.5, 0.6) is 23.5 Å². The Balaban J connectivity index is 1.03. The first-order valence-corrected chi connectivity index (χ1v) is 14.0. The van der Waals surface area contributed by atoms with E-state index in [2.05, 4.69) is 74.4 Å². The van der Waals surface area contributed by atoms with Crippen LogP contribution in [0.3, 0.4) is 0 Å². The summed E-state index contributed by atoms with van der Waals surface area (Å²) in [5.41, 5.74) is 0.0529. The molecular weight excluding hydrogens is 604 g/mol. The molecule has 18 nitrogen and oxygen atoms in total. The molecule has 6 rings (SSSR count). The second-order valence-corrected chi connectivity index (χ2v) is 10.1. The van der Waals surface area contributed by atoms with Crippen LogP contribution in [0.4, 0.5) is 0 Å². The average Bonchev–Trinajstić information content (AvgIpc) is 3.74. The van der Waals surface area contributed by atoms with Crippen molar-refractivity contribution in [2.45, 2.75) is 37.9 Å². The minimum atomic E-state index is -1.29. The lowest BCUT2D eigenvalue weighted by Gasteiger charge is -2.36. The lowest BCUT2D eigenvalue weighted by atomic mass is 9.87. The van der Waals surface area contributed by atoms with Gasteiger partial charge in [0.1, 0.15) is 11.4 Å². The summed E-state index contributed by atoms with van der Waals surface area (Å²) >= 11 is 0. The molecule has 4 aromatic rings. The van der Waals surface area contributed by atoms with Crippen molar-refractivity contribution in [3.8, 4) is 47.2 Å². The van der Waals surface area contributed by atoms with Crippen LogP contribution in [0.15, 0.2) is 24.8 Å². The van der Waals surface area contributed by atoms with Crippen LogP contribution >= 0.6 is 0 Å². The summed E-state index contributed by atoms with van der Waals surface area (Å²) in [6.45, 7) is 1.08. The molecule has 0 saturated carbocycles. The average molecular weight is 629 g/mol. The predicted molar refractivity (Wildman–Crippen MR) is 150 cm³/mol. The number of carbonyl (C=O) groups is 2. The number of hydrogen-bond acceptors (Lipinski definition) is 14. The van der Waals surface area contributed by atoms with Crippen LogP contribution in [0, 0.1) is 35.5 Å². The van der Waals surface area contributed by atoms with Crippen molar-refractivity contribution in [1.82, 2.24) is 50.8 Å². The van der Waals surface area contributed by atoms with Crippen LogP contribution in [-0.2, 0) is 9.47 Å². The fourth-order valence-electron chi connectivity index (χ4n) is 4.75. The highest BCUT2D eigenvalue weighted by Gasteiger charge is 2.33. The summed E-state index contributed by atoms with van der Waals surface area (Å²) in [6.07, 6.45) is 8.16. The van der Waals surface area contributed by atoms with Crippen molar-refractivity contribution in [2.75, 3.05) is 13.2 Å². The van der Waals surface area contributed by atoms with Crippen LogP contribution in [0.1, 0.15) is 58.0 Å². The first-order chi connectivity index (χ1) is 22.4. The predicted octanol–water partition coefficient (Wildman–Crippen LogP) is 1.48. The maximum Gasteiger partial charge on any atom is 0.362 e. The molecule has 2 aliphatic heterocycles. The second-order valence-electron chi connectivity index (χ2n) is 10.1. The van der Waals surface area contributed by atoms with E-state index < -0.39 is 11.9 Å². The smallest absolute Gasteiger partial charge is 0.362 e. The van der Waals surface area contributed by atoms with Crippen LogP contribution in [-0.4, -0.2) is 98.3 Å². The molecule has 4 atom stereocenters. The van der Waals surface area contributed by atoms with Gasteiger partial charge in [-0.15, -0.1) is 10.2 Å². The van der Waals surface area contributed by atoms with Crippen LogP contribution < -0.4 is 9.47 Å². The first-order valence-electron chi connectivity index (χ1n) is 14.0. The summed E-state index contributed by atoms with van der Waals surface area (Å²) < 4.78 is 22.9. The lowest BCUT2D eigenvalue weighted by molar-refractivity contribution is -0.119. The summed E-state index contributed by atoms with van der Waals surface area (Å²) in [6, 6.07) is 0. The molecule has 4 aromatic heterocycles. The fourth-order valence-corrected chi connectivity index (χ4v) is 4.75. The molecule has 0 bridgehead atoms. The first kappa shape index (κ1) is 30.1. The fraction of sp³-hybridized carbons (Fsp3) is 0.357. The van der Waals surface area contributed by atoms with Gasteiger partial charge in [-0.2, -0.15) is 0 Å². The van der Waals surface area contributed by atoms with Gasteiger partial charge in [-0.05, 0) is 37.5 Å². The van der Waals surface area contributed by atoms with E-state index in [4.69, 9.17) is 29.2 Å². The van der Waals surface area contributed by atoms with E-state index in [0.717, 1.165) is 12.8 Å². The zero-order chi connectivity index (χ0) is 31.9. The van der Waals surface area contributed by atoms with Gasteiger partial charge in [0.2, 0.25) is 23.1 Å². The molecule has 2 aliphatic rings. The van der Waals surface area contributed by atoms with Crippen molar-refractivity contribution in [2.24, 2.45) is 11.8 Å². The Morgan fingerprint density at radius 1 is 0.761 bits per heavy atom. The van der Waals surface area contributed by atoms with Gasteiger partial charge in [0.25, 0.3) is 11.8 Å². The number of aromatic carboxylic acids is 2. The van der Waals surface area contributed by atoms with E-state index in [0.29, 0.717) is 37.4 Å². The number of rotatable bonds is 7. The molecule has 4 N–H and O–H groups in total. The zero-order valence-corrected chi connectivity index (χ0v) is 23.8. The Morgan fingerprint density at radius 3 is 1.91 bits per heavy atom. The van der Waals surface area contributed by atoms with Crippen molar-refractivity contribution < 1.29 is 38.7 Å². The van der Waals surface area contributed by atoms with Gasteiger partial charge in [-0.25, -0.2) is 34.7 Å². The van der Waals surface area contributed by atoms with Gasteiger partial charge >= 0.3 is 11.9 Å². The number of aromatic nitrogens is 10. The Hall–Kier alpha value is -5.98. The molecular formula is C28H24N10O8. The van der Waals surface area contributed by atoms with Crippen molar-refractivity contribution >= 4 is 11.9 Å². The quantitative estimate of drug-likeness (QED) is 0.212. The minimum absolute atomic E-state index is 0.0377. The summed E-state index contributed by atoms with van der Waals surface area (Å²) in [5.74, 6) is 9.88. The molecule has 0 radical (unpaired) electrons. The van der Waals surface area contributed by atoms with Gasteiger partial charge in [-0.3, -0.25) is 4.98 Å². The van der Waals surface area contributed by atoms with Crippen molar-refractivity contribution in [3.63, 3.8) is 0 Å². The molecule has 18 heteroatoms. The van der Waals surface area contributed by atoms with Gasteiger partial charge < -0.3 is 29.2 Å². The molecule has 6 heterocycles. The normalized spacial score (nSPS) is 20.8. The van der Waals surface area contributed by atoms with E-state index in [1.165, 1.54) is 24.8 Å². The highest BCUT2D eigenvalue weighted by atomic mass is 16.5. The molecule has 2 saturated heterocycles. The third-order valence-electron chi connectivity index (χ3n) is 6.95. The third kappa shape index (κ3) is 7.38. The highest BCUT2D eigenvalue weighted by molar-refractivity contribution is 5.88. The van der Waals surface area contributed by atoms with Gasteiger partial charge in [-0.1, -0.05) is 22.3 Å². The number of carboxylic acid groups (broad SMARTS) is 2. The van der Waals surface area contributed by atoms with E-state index >= 15 is 0 Å². The van der Waals surface area contributed by atoms with Crippen LogP contribution in [0.25, 0.3) is 0 Å². The van der Waals surface area contributed by atoms with Gasteiger partial charge in [0, 0.05) is 25.0 Å². The maximum atomic E-state index is 11.2. The monoisotopic (exact) mass is 628 g/mol. The van der Waals surface area contributed by atoms with Gasteiger partial charge in [0.05, 0.1) is 37.0 Å². The maximum absolute atomic E-state index is 11.2. The number of ether oxygens (including phenoxy) is 4. The molecule has 2 fully saturated rings. The van der Waals surface area contributed by atoms with Crippen molar-refractivity contribution in [1.29, 1.82) is 0 Å². The number of H-pyrrole nitrogens is 2. The van der Waals surface area contributed by atoms with E-state index in [1.54, 1.807) is 0 Å². The molecule has 46 heavy (non-hydrogen) atoms. The Bertz CT molecular complexity index is 1840. The topological polar surface area (TPSA) is 246 Å². The van der Waals surface area contributed by atoms with E-state index in [-0.39, 0.29) is 59.0 Å². The number of nitrogens with one attached hydrogen (secondary N) is 2. The zero-order valence-electron chi connectivity index (χ0n) is 23.8. The van der Waals surface area contributed by atoms with Crippen LogP contribution in [0.2, 0.25) is 0 Å². The SMILES string of the molecule is O=C(O)c1nn[nH]c1Oc1cnc(C#CC2CCOC(C3CC(C#Cc4cncc(Oc5[nH]nnc5C(=O)O)n4)CCO3)C2)cn1.